The predicted octanol–water partition coefficient (Wildman–Crippen LogP) is 2.81. The van der Waals surface area contributed by atoms with Crippen molar-refractivity contribution in [1.82, 2.24) is 5.32 Å². The van der Waals surface area contributed by atoms with Crippen molar-refractivity contribution >= 4 is 11.8 Å². The number of aliphatic hydroxyl groups excluding tert-OH is 2. The van der Waals surface area contributed by atoms with Crippen LogP contribution in [0.15, 0.2) is 0 Å². The quantitative estimate of drug-likeness (QED) is 0.280. The Labute approximate surface area is 205 Å². The summed E-state index contributed by atoms with van der Waals surface area (Å²) in [5, 5.41) is 25.1. The van der Waals surface area contributed by atoms with Crippen molar-refractivity contribution < 1.29 is 24.5 Å². The Morgan fingerprint density at radius 1 is 1.24 bits per heavy atom. The molecule has 3 saturated carbocycles. The summed E-state index contributed by atoms with van der Waals surface area (Å²) in [4.78, 5) is 25.9. The molecule has 34 heavy (non-hydrogen) atoms. The fourth-order valence-electron chi connectivity index (χ4n) is 7.80. The van der Waals surface area contributed by atoms with Crippen LogP contribution in [0.25, 0.3) is 0 Å². The highest BCUT2D eigenvalue weighted by Crippen LogP contribution is 2.68. The van der Waals surface area contributed by atoms with Gasteiger partial charge in [0.05, 0.1) is 6.10 Å². The molecule has 1 unspecified atom stereocenters. The summed E-state index contributed by atoms with van der Waals surface area (Å²) >= 11 is 0. The molecular weight excluding hydrogens is 432 g/mol. The first kappa shape index (κ1) is 27.6. The highest BCUT2D eigenvalue weighted by atomic mass is 16.6. The van der Waals surface area contributed by atoms with Gasteiger partial charge >= 0.3 is 5.97 Å². The first-order valence-corrected chi connectivity index (χ1v) is 13.5. The molecule has 0 spiro atoms. The predicted molar refractivity (Wildman–Crippen MR) is 132 cm³/mol. The Kier molecular flexibility index (Phi) is 8.87. The van der Waals surface area contributed by atoms with Crippen LogP contribution >= 0.6 is 0 Å². The fourth-order valence-corrected chi connectivity index (χ4v) is 7.80. The Morgan fingerprint density at radius 2 is 1.97 bits per heavy atom. The number of ether oxygens (including phenoxy) is 1. The van der Waals surface area contributed by atoms with Gasteiger partial charge in [-0.05, 0) is 74.8 Å². The van der Waals surface area contributed by atoms with E-state index < -0.39 is 35.6 Å². The second kappa shape index (κ2) is 10.9. The van der Waals surface area contributed by atoms with Crippen molar-refractivity contribution in [2.24, 2.45) is 39.7 Å². The van der Waals surface area contributed by atoms with Crippen molar-refractivity contribution in [3.8, 4) is 0 Å². The van der Waals surface area contributed by atoms with Crippen molar-refractivity contribution in [2.75, 3.05) is 26.2 Å². The smallest absolute Gasteiger partial charge is 0.332 e. The van der Waals surface area contributed by atoms with E-state index in [2.05, 4.69) is 33.0 Å². The average Bonchev–Trinajstić information content (AvgIpc) is 3.17. The number of unbranched alkanes of at least 4 members (excludes halogenated alkanes) is 2. The third kappa shape index (κ3) is 4.70. The van der Waals surface area contributed by atoms with Gasteiger partial charge in [0.25, 0.3) is 0 Å². The van der Waals surface area contributed by atoms with Gasteiger partial charge < -0.3 is 26.0 Å². The van der Waals surface area contributed by atoms with Gasteiger partial charge in [0.15, 0.2) is 0 Å². The van der Waals surface area contributed by atoms with Gasteiger partial charge in [-0.1, -0.05) is 34.1 Å². The number of hydrogen-bond donors (Lipinski definition) is 4. The third-order valence-corrected chi connectivity index (χ3v) is 10.3. The van der Waals surface area contributed by atoms with Crippen molar-refractivity contribution in [2.45, 2.75) is 97.7 Å². The molecule has 5 N–H and O–H groups in total. The summed E-state index contributed by atoms with van der Waals surface area (Å²) < 4.78 is 5.93. The molecule has 0 aliphatic heterocycles. The van der Waals surface area contributed by atoms with E-state index in [1.54, 1.807) is 0 Å². The maximum absolute atomic E-state index is 13.6. The number of carbonyl (C=O) groups is 2. The van der Waals surface area contributed by atoms with E-state index in [4.69, 9.17) is 10.5 Å². The van der Waals surface area contributed by atoms with Crippen molar-refractivity contribution in [1.29, 1.82) is 0 Å². The lowest BCUT2D eigenvalue weighted by molar-refractivity contribution is -0.214. The van der Waals surface area contributed by atoms with E-state index in [-0.39, 0.29) is 29.0 Å². The van der Waals surface area contributed by atoms with Crippen molar-refractivity contribution in [3.05, 3.63) is 0 Å². The maximum Gasteiger partial charge on any atom is 0.332 e. The largest absolute Gasteiger partial charge is 0.460 e. The number of nitrogens with one attached hydrogen (secondary N) is 1. The Bertz CT molecular complexity index is 732. The third-order valence-electron chi connectivity index (χ3n) is 10.3. The van der Waals surface area contributed by atoms with Gasteiger partial charge in [-0.2, -0.15) is 0 Å². The second-order valence-electron chi connectivity index (χ2n) is 11.9. The molecule has 0 amide bonds. The van der Waals surface area contributed by atoms with Gasteiger partial charge in [0.2, 0.25) is 0 Å². The van der Waals surface area contributed by atoms with Gasteiger partial charge in [-0.3, -0.25) is 4.79 Å². The zero-order valence-corrected chi connectivity index (χ0v) is 21.8. The molecule has 3 rings (SSSR count). The van der Waals surface area contributed by atoms with Gasteiger partial charge in [-0.25, -0.2) is 4.79 Å². The zero-order chi connectivity index (χ0) is 25.1. The highest BCUT2D eigenvalue weighted by Gasteiger charge is 2.69. The van der Waals surface area contributed by atoms with Gasteiger partial charge in [0.1, 0.15) is 18.5 Å². The van der Waals surface area contributed by atoms with Crippen LogP contribution in [0.3, 0.4) is 0 Å². The van der Waals surface area contributed by atoms with Crippen LogP contribution in [0.1, 0.15) is 85.5 Å². The van der Waals surface area contributed by atoms with E-state index in [1.807, 2.05) is 0 Å². The number of Topliss-reactive ketones (excluding diaryl/α,β-unsaturated/α-hetero) is 1. The topological polar surface area (TPSA) is 122 Å². The first-order chi connectivity index (χ1) is 16.1. The Hall–Kier alpha value is -1.02. The molecule has 0 aromatic heterocycles. The lowest BCUT2D eigenvalue weighted by Crippen LogP contribution is -2.65. The molecule has 0 aromatic carbocycles. The van der Waals surface area contributed by atoms with Crippen LogP contribution < -0.4 is 11.1 Å². The summed E-state index contributed by atoms with van der Waals surface area (Å²) in [6.07, 6.45) is 6.43. The van der Waals surface area contributed by atoms with Crippen LogP contribution in [0, 0.1) is 34.0 Å². The summed E-state index contributed by atoms with van der Waals surface area (Å²) in [7, 11) is 0. The molecule has 2 bridgehead atoms. The molecule has 8 atom stereocenters. The van der Waals surface area contributed by atoms with E-state index in [0.29, 0.717) is 25.9 Å². The maximum atomic E-state index is 13.6. The monoisotopic (exact) mass is 480 g/mol. The summed E-state index contributed by atoms with van der Waals surface area (Å²) in [6, 6.07) is 0. The van der Waals surface area contributed by atoms with Gasteiger partial charge in [-0.15, -0.1) is 0 Å². The van der Waals surface area contributed by atoms with Crippen LogP contribution in [0.4, 0.5) is 0 Å². The molecule has 3 fully saturated rings. The molecule has 0 aromatic rings. The Morgan fingerprint density at radius 3 is 2.62 bits per heavy atom. The van der Waals surface area contributed by atoms with E-state index in [1.165, 1.54) is 0 Å². The lowest BCUT2D eigenvalue weighted by atomic mass is 9.43. The molecule has 3 aliphatic carbocycles. The van der Waals surface area contributed by atoms with E-state index in [0.717, 1.165) is 51.5 Å². The number of rotatable bonds is 10. The van der Waals surface area contributed by atoms with Crippen LogP contribution in [-0.2, 0) is 14.3 Å². The molecule has 0 heterocycles. The molecule has 0 radical (unpaired) electrons. The van der Waals surface area contributed by atoms with Crippen LogP contribution in [-0.4, -0.2) is 60.4 Å². The Balaban J connectivity index is 2.02. The van der Waals surface area contributed by atoms with Crippen LogP contribution in [0.2, 0.25) is 0 Å². The molecule has 7 heteroatoms. The standard InChI is InChI=1S/C27H48N2O5/c1-5-25(3)15-21(34-22(32)17-30)26(4)18(2)9-11-27(12-10-20(31)23(26)27)19(24(25)33)16-29-14-8-6-7-13-28/h18-19,21,23-24,29-30,33H,5-17,28H2,1-4H3/t18-,19+,21-,23?,24+,25+,26+,27+/m1/s1. The number of hydrogen-bond acceptors (Lipinski definition) is 7. The average molecular weight is 481 g/mol. The molecule has 3 aliphatic rings. The van der Waals surface area contributed by atoms with Gasteiger partial charge in [0, 0.05) is 30.2 Å². The van der Waals surface area contributed by atoms with Crippen molar-refractivity contribution in [3.63, 3.8) is 0 Å². The number of carbonyl (C=O) groups excluding carboxylic acids is 2. The van der Waals surface area contributed by atoms with Crippen LogP contribution in [0.5, 0.6) is 0 Å². The summed E-state index contributed by atoms with van der Waals surface area (Å²) in [5.74, 6) is -0.487. The normalized spacial score (nSPS) is 42.1. The van der Waals surface area contributed by atoms with E-state index in [9.17, 15) is 19.8 Å². The minimum Gasteiger partial charge on any atom is -0.460 e. The summed E-state index contributed by atoms with van der Waals surface area (Å²) in [5.41, 5.74) is 4.34. The highest BCUT2D eigenvalue weighted by molar-refractivity contribution is 5.85. The molecule has 196 valence electrons. The molecule has 0 saturated heterocycles. The fraction of sp³-hybridized carbons (Fsp3) is 0.926. The minimum absolute atomic E-state index is 0.0373. The number of aliphatic hydroxyl groups is 2. The first-order valence-electron chi connectivity index (χ1n) is 13.5. The second-order valence-corrected chi connectivity index (χ2v) is 11.9. The SMILES string of the molecule is CC[C@@]1(C)C[C@@H](OC(=O)CO)[C@@]2(C)C3C(=O)CC[C@@]3(CC[C@H]2C)[C@@H](CNCCCCCN)[C@@H]1O. The number of esters is 1. The summed E-state index contributed by atoms with van der Waals surface area (Å²) in [6.45, 7) is 10.1. The lowest BCUT2D eigenvalue weighted by Gasteiger charge is -2.62. The van der Waals surface area contributed by atoms with E-state index >= 15 is 0 Å². The minimum atomic E-state index is -0.674. The number of nitrogens with two attached hydrogens (primary N) is 1. The molecule has 7 nitrogen and oxygen atoms in total. The number of ketones is 1. The zero-order valence-electron chi connectivity index (χ0n) is 21.8. The molecular formula is C27H48N2O5.